The van der Waals surface area contributed by atoms with Crippen molar-refractivity contribution in [3.8, 4) is 6.07 Å². The van der Waals surface area contributed by atoms with Gasteiger partial charge in [-0.2, -0.15) is 5.26 Å². The first-order chi connectivity index (χ1) is 10.5. The maximum absolute atomic E-state index is 11.8. The topological polar surface area (TPSA) is 53.3 Å². The summed E-state index contributed by atoms with van der Waals surface area (Å²) in [5, 5.41) is 9.11. The first-order valence-electron chi connectivity index (χ1n) is 7.65. The van der Waals surface area contributed by atoms with Crippen molar-refractivity contribution in [2.45, 2.75) is 27.7 Å². The summed E-state index contributed by atoms with van der Waals surface area (Å²) in [6, 6.07) is 9.70. The molecular formula is C18H24N2O2. The third kappa shape index (κ3) is 5.25. The predicted octanol–water partition coefficient (Wildman–Crippen LogP) is 3.64. The lowest BCUT2D eigenvalue weighted by Crippen LogP contribution is -2.21. The van der Waals surface area contributed by atoms with E-state index in [1.165, 1.54) is 0 Å². The Kier molecular flexibility index (Phi) is 7.18. The van der Waals surface area contributed by atoms with E-state index in [9.17, 15) is 4.79 Å². The zero-order chi connectivity index (χ0) is 16.5. The lowest BCUT2D eigenvalue weighted by atomic mass is 10.1. The minimum atomic E-state index is -0.566. The molecule has 0 aliphatic carbocycles. The molecule has 0 atom stereocenters. The molecule has 0 aliphatic rings. The van der Waals surface area contributed by atoms with Crippen LogP contribution in [-0.2, 0) is 9.53 Å². The van der Waals surface area contributed by atoms with Crippen molar-refractivity contribution in [2.75, 3.05) is 24.6 Å². The number of hydrogen-bond acceptors (Lipinski definition) is 4. The standard InChI is InChI=1S/C18H24N2O2/c1-5-20(6-2)17-9-7-15(8-10-17)11-16(12-19)18(21)22-13-14(3)4/h7-11,14H,5-6,13H2,1-4H3. The Bertz CT molecular complexity index is 549. The monoisotopic (exact) mass is 300 g/mol. The second-order valence-electron chi connectivity index (χ2n) is 5.43. The molecule has 1 rings (SSSR count). The molecule has 0 spiro atoms. The zero-order valence-electron chi connectivity index (χ0n) is 13.8. The molecule has 1 aromatic rings. The maximum Gasteiger partial charge on any atom is 0.348 e. The molecule has 0 saturated carbocycles. The number of benzene rings is 1. The fourth-order valence-corrected chi connectivity index (χ4v) is 1.99. The Morgan fingerprint density at radius 2 is 1.86 bits per heavy atom. The van der Waals surface area contributed by atoms with Crippen molar-refractivity contribution in [2.24, 2.45) is 5.92 Å². The van der Waals surface area contributed by atoms with Crippen LogP contribution in [0, 0.1) is 17.2 Å². The smallest absolute Gasteiger partial charge is 0.348 e. The van der Waals surface area contributed by atoms with Crippen LogP contribution in [0.1, 0.15) is 33.3 Å². The largest absolute Gasteiger partial charge is 0.461 e. The van der Waals surface area contributed by atoms with E-state index in [0.717, 1.165) is 24.3 Å². The van der Waals surface area contributed by atoms with Crippen molar-refractivity contribution in [1.82, 2.24) is 0 Å². The Labute approximate surface area is 133 Å². The van der Waals surface area contributed by atoms with Crippen molar-refractivity contribution >= 4 is 17.7 Å². The van der Waals surface area contributed by atoms with Crippen LogP contribution in [0.15, 0.2) is 29.8 Å². The average Bonchev–Trinajstić information content (AvgIpc) is 2.52. The van der Waals surface area contributed by atoms with Gasteiger partial charge in [0.25, 0.3) is 0 Å². The Morgan fingerprint density at radius 1 is 1.27 bits per heavy atom. The molecule has 0 N–H and O–H groups in total. The molecule has 0 bridgehead atoms. The van der Waals surface area contributed by atoms with Crippen LogP contribution in [0.2, 0.25) is 0 Å². The second-order valence-corrected chi connectivity index (χ2v) is 5.43. The number of nitriles is 1. The van der Waals surface area contributed by atoms with Gasteiger partial charge < -0.3 is 9.64 Å². The van der Waals surface area contributed by atoms with Gasteiger partial charge in [-0.1, -0.05) is 26.0 Å². The summed E-state index contributed by atoms with van der Waals surface area (Å²) in [5.74, 6) is -0.318. The van der Waals surface area contributed by atoms with Crippen LogP contribution < -0.4 is 4.90 Å². The number of anilines is 1. The van der Waals surface area contributed by atoms with Crippen molar-refractivity contribution in [3.63, 3.8) is 0 Å². The quantitative estimate of drug-likeness (QED) is 0.438. The number of hydrogen-bond donors (Lipinski definition) is 0. The maximum atomic E-state index is 11.8. The van der Waals surface area contributed by atoms with E-state index >= 15 is 0 Å². The molecule has 0 radical (unpaired) electrons. The fraction of sp³-hybridized carbons (Fsp3) is 0.444. The summed E-state index contributed by atoms with van der Waals surface area (Å²) in [6.45, 7) is 10.3. The molecule has 0 fully saturated rings. The molecule has 0 saturated heterocycles. The van der Waals surface area contributed by atoms with E-state index in [4.69, 9.17) is 10.00 Å². The molecule has 0 unspecified atom stereocenters. The molecule has 118 valence electrons. The second kappa shape index (κ2) is 8.89. The van der Waals surface area contributed by atoms with Crippen LogP contribution in [0.4, 0.5) is 5.69 Å². The van der Waals surface area contributed by atoms with Gasteiger partial charge in [-0.25, -0.2) is 4.79 Å². The number of carbonyl (C=O) groups excluding carboxylic acids is 1. The molecule has 4 heteroatoms. The van der Waals surface area contributed by atoms with E-state index in [2.05, 4.69) is 18.7 Å². The first kappa shape index (κ1) is 17.8. The van der Waals surface area contributed by atoms with Crippen LogP contribution >= 0.6 is 0 Å². The fourth-order valence-electron chi connectivity index (χ4n) is 1.99. The number of esters is 1. The van der Waals surface area contributed by atoms with Gasteiger partial charge in [-0.15, -0.1) is 0 Å². The van der Waals surface area contributed by atoms with E-state index < -0.39 is 5.97 Å². The highest BCUT2D eigenvalue weighted by molar-refractivity contribution is 5.97. The molecule has 0 aliphatic heterocycles. The van der Waals surface area contributed by atoms with Gasteiger partial charge in [0.2, 0.25) is 0 Å². The van der Waals surface area contributed by atoms with Crippen LogP contribution in [-0.4, -0.2) is 25.7 Å². The Morgan fingerprint density at radius 3 is 2.32 bits per heavy atom. The van der Waals surface area contributed by atoms with Gasteiger partial charge in [0.15, 0.2) is 0 Å². The molecular weight excluding hydrogens is 276 g/mol. The summed E-state index contributed by atoms with van der Waals surface area (Å²) < 4.78 is 5.09. The van der Waals surface area contributed by atoms with Gasteiger partial charge >= 0.3 is 5.97 Å². The van der Waals surface area contributed by atoms with E-state index in [1.807, 2.05) is 44.2 Å². The number of ether oxygens (including phenoxy) is 1. The molecule has 0 heterocycles. The third-order valence-corrected chi connectivity index (χ3v) is 3.22. The highest BCUT2D eigenvalue weighted by Crippen LogP contribution is 2.17. The van der Waals surface area contributed by atoms with Gasteiger partial charge in [-0.3, -0.25) is 0 Å². The van der Waals surface area contributed by atoms with Crippen molar-refractivity contribution in [3.05, 3.63) is 35.4 Å². The van der Waals surface area contributed by atoms with Crippen LogP contribution in [0.25, 0.3) is 6.08 Å². The molecule has 22 heavy (non-hydrogen) atoms. The number of nitrogens with zero attached hydrogens (tertiary/aromatic N) is 2. The SMILES string of the molecule is CCN(CC)c1ccc(C=C(C#N)C(=O)OCC(C)C)cc1. The average molecular weight is 300 g/mol. The summed E-state index contributed by atoms with van der Waals surface area (Å²) in [7, 11) is 0. The normalized spacial score (nSPS) is 11.2. The van der Waals surface area contributed by atoms with E-state index in [1.54, 1.807) is 6.08 Å². The summed E-state index contributed by atoms with van der Waals surface area (Å²) in [6.07, 6.45) is 1.56. The first-order valence-corrected chi connectivity index (χ1v) is 7.65. The van der Waals surface area contributed by atoms with Crippen molar-refractivity contribution in [1.29, 1.82) is 5.26 Å². The van der Waals surface area contributed by atoms with E-state index in [-0.39, 0.29) is 11.5 Å². The predicted molar refractivity (Wildman–Crippen MR) is 89.4 cm³/mol. The van der Waals surface area contributed by atoms with Gasteiger partial charge in [-0.05, 0) is 43.5 Å². The summed E-state index contributed by atoms with van der Waals surface area (Å²) in [5.41, 5.74) is 1.97. The Balaban J connectivity index is 2.85. The molecule has 4 nitrogen and oxygen atoms in total. The molecule has 1 aromatic carbocycles. The van der Waals surface area contributed by atoms with Gasteiger partial charge in [0.1, 0.15) is 11.6 Å². The number of carbonyl (C=O) groups is 1. The lowest BCUT2D eigenvalue weighted by molar-refractivity contribution is -0.139. The molecule has 0 amide bonds. The summed E-state index contributed by atoms with van der Waals surface area (Å²) in [4.78, 5) is 14.1. The third-order valence-electron chi connectivity index (χ3n) is 3.22. The van der Waals surface area contributed by atoms with Crippen LogP contribution in [0.5, 0.6) is 0 Å². The minimum absolute atomic E-state index is 0.0243. The van der Waals surface area contributed by atoms with Gasteiger partial charge in [0, 0.05) is 18.8 Å². The number of rotatable bonds is 7. The summed E-state index contributed by atoms with van der Waals surface area (Å²) >= 11 is 0. The Hall–Kier alpha value is -2.28. The van der Waals surface area contributed by atoms with Crippen LogP contribution in [0.3, 0.4) is 0 Å². The highest BCUT2D eigenvalue weighted by Gasteiger charge is 2.11. The van der Waals surface area contributed by atoms with Gasteiger partial charge in [0.05, 0.1) is 6.61 Å². The van der Waals surface area contributed by atoms with Crippen molar-refractivity contribution < 1.29 is 9.53 Å². The minimum Gasteiger partial charge on any atom is -0.461 e. The molecule has 0 aromatic heterocycles. The lowest BCUT2D eigenvalue weighted by Gasteiger charge is -2.20. The van der Waals surface area contributed by atoms with E-state index in [0.29, 0.717) is 6.61 Å². The zero-order valence-corrected chi connectivity index (χ0v) is 13.8. The highest BCUT2D eigenvalue weighted by atomic mass is 16.5.